The zero-order valence-electron chi connectivity index (χ0n) is 13.2. The molecule has 2 heterocycles. The molecule has 9 heteroatoms. The van der Waals surface area contributed by atoms with Gasteiger partial charge in [0, 0.05) is 12.2 Å². The molecule has 2 aromatic heterocycles. The third-order valence-electron chi connectivity index (χ3n) is 4.26. The molecule has 0 aliphatic heterocycles. The van der Waals surface area contributed by atoms with Crippen LogP contribution in [0, 0.1) is 0 Å². The summed E-state index contributed by atoms with van der Waals surface area (Å²) >= 11 is 0. The second-order valence-corrected chi connectivity index (χ2v) is 7.84. The maximum absolute atomic E-state index is 13.0. The van der Waals surface area contributed by atoms with Crippen LogP contribution in [0.1, 0.15) is 37.1 Å². The van der Waals surface area contributed by atoms with Crippen LogP contribution in [-0.2, 0) is 22.7 Å². The van der Waals surface area contributed by atoms with E-state index in [0.717, 1.165) is 25.1 Å². The Morgan fingerprint density at radius 3 is 2.44 bits per heavy atom. The fourth-order valence-corrected chi connectivity index (χ4v) is 4.59. The lowest BCUT2D eigenvalue weighted by atomic mass is 10.2. The van der Waals surface area contributed by atoms with E-state index in [-0.39, 0.29) is 17.5 Å². The molecule has 2 aromatic rings. The fourth-order valence-electron chi connectivity index (χ4n) is 2.99. The van der Waals surface area contributed by atoms with Crippen LogP contribution in [0.15, 0.2) is 46.0 Å². The van der Waals surface area contributed by atoms with Crippen LogP contribution in [0.5, 0.6) is 0 Å². The largest absolute Gasteiger partial charge is 0.468 e. The van der Waals surface area contributed by atoms with Crippen molar-refractivity contribution in [2.75, 3.05) is 0 Å². The number of rotatable bonds is 5. The minimum Gasteiger partial charge on any atom is -0.468 e. The van der Waals surface area contributed by atoms with Gasteiger partial charge in [-0.25, -0.2) is 8.42 Å². The Morgan fingerprint density at radius 1 is 1.20 bits per heavy atom. The highest BCUT2D eigenvalue weighted by Crippen LogP contribution is 2.32. The van der Waals surface area contributed by atoms with Crippen molar-refractivity contribution in [3.05, 3.63) is 48.2 Å². The molecule has 0 atom stereocenters. The van der Waals surface area contributed by atoms with Gasteiger partial charge < -0.3 is 4.42 Å². The molecule has 1 aliphatic carbocycles. The Hall–Kier alpha value is -1.87. The first-order valence-electron chi connectivity index (χ1n) is 7.86. The SMILES string of the molecule is O=S(=O)(c1ccc(C(F)(F)F)nc1)N(Cc1ccco1)C1CCCC1. The van der Waals surface area contributed by atoms with Gasteiger partial charge in [0.15, 0.2) is 0 Å². The molecule has 0 amide bonds. The van der Waals surface area contributed by atoms with Crippen LogP contribution >= 0.6 is 0 Å². The lowest BCUT2D eigenvalue weighted by Gasteiger charge is -2.27. The van der Waals surface area contributed by atoms with Gasteiger partial charge in [-0.15, -0.1) is 0 Å². The topological polar surface area (TPSA) is 63.4 Å². The number of aromatic nitrogens is 1. The van der Waals surface area contributed by atoms with Gasteiger partial charge in [-0.1, -0.05) is 12.8 Å². The maximum atomic E-state index is 13.0. The number of pyridine rings is 1. The quantitative estimate of drug-likeness (QED) is 0.798. The van der Waals surface area contributed by atoms with Gasteiger partial charge in [-0.05, 0) is 37.1 Å². The zero-order chi connectivity index (χ0) is 18.1. The van der Waals surface area contributed by atoms with Gasteiger partial charge in [-0.2, -0.15) is 17.5 Å². The lowest BCUT2D eigenvalue weighted by molar-refractivity contribution is -0.141. The third kappa shape index (κ3) is 3.87. The van der Waals surface area contributed by atoms with Gasteiger partial charge in [0.25, 0.3) is 0 Å². The number of sulfonamides is 1. The Kier molecular flexibility index (Phi) is 4.88. The second-order valence-electron chi connectivity index (χ2n) is 5.94. The molecule has 0 bridgehead atoms. The predicted molar refractivity (Wildman–Crippen MR) is 82.9 cm³/mol. The van der Waals surface area contributed by atoms with Gasteiger partial charge in [0.2, 0.25) is 10.0 Å². The average Bonchev–Trinajstić information content (AvgIpc) is 3.25. The van der Waals surface area contributed by atoms with Crippen molar-refractivity contribution in [3.63, 3.8) is 0 Å². The first kappa shape index (κ1) is 17.9. The molecular formula is C16H17F3N2O3S. The Morgan fingerprint density at radius 2 is 1.92 bits per heavy atom. The highest BCUT2D eigenvalue weighted by molar-refractivity contribution is 7.89. The van der Waals surface area contributed by atoms with E-state index < -0.39 is 21.9 Å². The van der Waals surface area contributed by atoms with Crippen LogP contribution in [0.25, 0.3) is 0 Å². The number of nitrogens with zero attached hydrogens (tertiary/aromatic N) is 2. The minimum atomic E-state index is -4.61. The summed E-state index contributed by atoms with van der Waals surface area (Å²) in [5, 5.41) is 0. The maximum Gasteiger partial charge on any atom is 0.433 e. The molecule has 0 spiro atoms. The van der Waals surface area contributed by atoms with Crippen LogP contribution in [0.2, 0.25) is 0 Å². The molecule has 1 aliphatic rings. The number of halogens is 3. The summed E-state index contributed by atoms with van der Waals surface area (Å²) in [5.74, 6) is 0.482. The Balaban J connectivity index is 1.92. The molecule has 1 saturated carbocycles. The molecule has 1 fully saturated rings. The van der Waals surface area contributed by atoms with Gasteiger partial charge in [-0.3, -0.25) is 4.98 Å². The van der Waals surface area contributed by atoms with Crippen molar-refractivity contribution in [1.29, 1.82) is 0 Å². The smallest absolute Gasteiger partial charge is 0.433 e. The molecule has 0 radical (unpaired) electrons. The van der Waals surface area contributed by atoms with Gasteiger partial charge in [0.05, 0.1) is 12.8 Å². The second kappa shape index (κ2) is 6.80. The minimum absolute atomic E-state index is 0.0427. The molecule has 25 heavy (non-hydrogen) atoms. The number of hydrogen-bond acceptors (Lipinski definition) is 4. The Labute approximate surface area is 143 Å². The fraction of sp³-hybridized carbons (Fsp3) is 0.438. The lowest BCUT2D eigenvalue weighted by Crippen LogP contribution is -2.38. The average molecular weight is 374 g/mol. The van der Waals surface area contributed by atoms with Crippen molar-refractivity contribution in [3.8, 4) is 0 Å². The number of furan rings is 1. The summed E-state index contributed by atoms with van der Waals surface area (Å²) in [6.45, 7) is 0.0427. The number of alkyl halides is 3. The van der Waals surface area contributed by atoms with Crippen LogP contribution in [-0.4, -0.2) is 23.7 Å². The summed E-state index contributed by atoms with van der Waals surface area (Å²) < 4.78 is 70.4. The van der Waals surface area contributed by atoms with Crippen molar-refractivity contribution in [1.82, 2.24) is 9.29 Å². The predicted octanol–water partition coefficient (Wildman–Crippen LogP) is 3.83. The highest BCUT2D eigenvalue weighted by atomic mass is 32.2. The zero-order valence-corrected chi connectivity index (χ0v) is 14.1. The van der Waals surface area contributed by atoms with E-state index in [1.807, 2.05) is 0 Å². The first-order chi connectivity index (χ1) is 11.8. The normalized spacial score (nSPS) is 16.6. The summed E-state index contributed by atoms with van der Waals surface area (Å²) in [6, 6.07) is 4.77. The molecule has 0 N–H and O–H groups in total. The van der Waals surface area contributed by atoms with Gasteiger partial charge >= 0.3 is 6.18 Å². The summed E-state index contributed by atoms with van der Waals surface area (Å²) in [6.07, 6.45) is 0.876. The summed E-state index contributed by atoms with van der Waals surface area (Å²) in [5.41, 5.74) is -1.12. The van der Waals surface area contributed by atoms with E-state index in [2.05, 4.69) is 4.98 Å². The van der Waals surface area contributed by atoms with Crippen molar-refractivity contribution < 1.29 is 26.0 Å². The van der Waals surface area contributed by atoms with E-state index >= 15 is 0 Å². The third-order valence-corrected chi connectivity index (χ3v) is 6.14. The van der Waals surface area contributed by atoms with Crippen LogP contribution in [0.3, 0.4) is 0 Å². The highest BCUT2D eigenvalue weighted by Gasteiger charge is 2.36. The molecule has 136 valence electrons. The summed E-state index contributed by atoms with van der Waals surface area (Å²) in [4.78, 5) is 3.02. The van der Waals surface area contributed by atoms with E-state index in [1.54, 1.807) is 12.1 Å². The van der Waals surface area contributed by atoms with E-state index in [4.69, 9.17) is 4.42 Å². The Bertz CT molecular complexity index is 796. The molecular weight excluding hydrogens is 357 g/mol. The van der Waals surface area contributed by atoms with Crippen molar-refractivity contribution in [2.45, 2.75) is 49.3 Å². The molecule has 0 saturated heterocycles. The van der Waals surface area contributed by atoms with E-state index in [0.29, 0.717) is 24.7 Å². The molecule has 0 aromatic carbocycles. The van der Waals surface area contributed by atoms with Crippen LogP contribution < -0.4 is 0 Å². The van der Waals surface area contributed by atoms with Crippen molar-refractivity contribution in [2.24, 2.45) is 0 Å². The van der Waals surface area contributed by atoms with E-state index in [9.17, 15) is 21.6 Å². The molecule has 3 rings (SSSR count). The summed E-state index contributed by atoms with van der Waals surface area (Å²) in [7, 11) is -3.98. The van der Waals surface area contributed by atoms with Crippen LogP contribution in [0.4, 0.5) is 13.2 Å². The molecule has 0 unspecified atom stereocenters. The monoisotopic (exact) mass is 374 g/mol. The number of hydrogen-bond donors (Lipinski definition) is 0. The first-order valence-corrected chi connectivity index (χ1v) is 9.30. The standard InChI is InChI=1S/C16H17F3N2O3S/c17-16(18,19)15-8-7-14(10-20-15)25(22,23)21(12-4-1-2-5-12)11-13-6-3-9-24-13/h3,6-10,12H,1-2,4-5,11H2. The van der Waals surface area contributed by atoms with Crippen molar-refractivity contribution >= 4 is 10.0 Å². The molecule has 5 nitrogen and oxygen atoms in total. The van der Waals surface area contributed by atoms with E-state index in [1.165, 1.54) is 10.6 Å². The van der Waals surface area contributed by atoms with Gasteiger partial charge in [0.1, 0.15) is 16.3 Å².